The third-order valence-corrected chi connectivity index (χ3v) is 11.2. The van der Waals surface area contributed by atoms with Crippen LogP contribution in [0.3, 0.4) is 0 Å². The molecule has 15 heteroatoms. The van der Waals surface area contributed by atoms with Gasteiger partial charge in [0.1, 0.15) is 17.5 Å². The minimum atomic E-state index is -3.91. The Balaban J connectivity index is 1.39. The summed E-state index contributed by atoms with van der Waals surface area (Å²) in [7, 11) is -2.40. The lowest BCUT2D eigenvalue weighted by molar-refractivity contribution is -0.122. The first-order chi connectivity index (χ1) is 21.0. The molecule has 44 heavy (non-hydrogen) atoms. The molecule has 226 valence electrons. The average Bonchev–Trinajstić information content (AvgIpc) is 3.43. The number of amides is 3. The molecular weight excluding hydrogens is 648 g/mol. The van der Waals surface area contributed by atoms with Crippen LogP contribution in [-0.2, 0) is 31.0 Å². The van der Waals surface area contributed by atoms with Gasteiger partial charge >= 0.3 is 4.87 Å². The number of carbonyl (C=O) groups is 3. The van der Waals surface area contributed by atoms with Crippen LogP contribution in [0.25, 0.3) is 0 Å². The SMILES string of the molecule is COc1ccccc1[C@@H]1c2sc(=O)n(CC(=O)Nc3ccc(S(N)(=O)=O)cc3)c2S[C@H]2C(=O)N(c3ccc(Cl)cc3)C(=O)[C@@H]12. The topological polar surface area (TPSA) is 158 Å². The Kier molecular flexibility index (Phi) is 7.88. The third kappa shape index (κ3) is 5.32. The summed E-state index contributed by atoms with van der Waals surface area (Å²) in [6, 6.07) is 18.8. The number of ether oxygens (including phenoxy) is 1. The van der Waals surface area contributed by atoms with Crippen molar-refractivity contribution in [2.24, 2.45) is 11.1 Å². The van der Waals surface area contributed by atoms with Crippen molar-refractivity contribution in [3.8, 4) is 5.75 Å². The van der Waals surface area contributed by atoms with Crippen LogP contribution in [-0.4, -0.2) is 43.1 Å². The summed E-state index contributed by atoms with van der Waals surface area (Å²) in [5.41, 5.74) is 1.32. The van der Waals surface area contributed by atoms with Crippen molar-refractivity contribution in [3.05, 3.63) is 97.9 Å². The minimum absolute atomic E-state index is 0.115. The van der Waals surface area contributed by atoms with Gasteiger partial charge in [0.2, 0.25) is 27.7 Å². The third-order valence-electron chi connectivity index (χ3n) is 7.38. The summed E-state index contributed by atoms with van der Waals surface area (Å²) in [4.78, 5) is 55.5. The average molecular weight is 671 g/mol. The predicted octanol–water partition coefficient (Wildman–Crippen LogP) is 3.65. The first-order valence-electron chi connectivity index (χ1n) is 13.1. The molecule has 2 aliphatic rings. The number of thiazole rings is 1. The zero-order valence-corrected chi connectivity index (χ0v) is 26.0. The molecule has 3 N–H and O–H groups in total. The van der Waals surface area contributed by atoms with Crippen molar-refractivity contribution >= 4 is 73.8 Å². The zero-order chi connectivity index (χ0) is 31.3. The molecule has 6 rings (SSSR count). The summed E-state index contributed by atoms with van der Waals surface area (Å²) in [6.45, 7) is -0.381. The molecule has 1 aromatic heterocycles. The number of para-hydroxylation sites is 1. The summed E-state index contributed by atoms with van der Waals surface area (Å²) < 4.78 is 30.0. The number of hydrogen-bond donors (Lipinski definition) is 2. The molecule has 3 aromatic carbocycles. The molecule has 0 radical (unpaired) electrons. The van der Waals surface area contributed by atoms with Gasteiger partial charge in [-0.1, -0.05) is 52.9 Å². The maximum absolute atomic E-state index is 14.0. The number of primary sulfonamides is 1. The van der Waals surface area contributed by atoms with Crippen LogP contribution >= 0.6 is 34.7 Å². The predicted molar refractivity (Wildman–Crippen MR) is 167 cm³/mol. The number of benzene rings is 3. The lowest BCUT2D eigenvalue weighted by atomic mass is 9.82. The van der Waals surface area contributed by atoms with Gasteiger partial charge in [-0.3, -0.25) is 23.7 Å². The second-order valence-electron chi connectivity index (χ2n) is 10.0. The number of halogens is 1. The van der Waals surface area contributed by atoms with Crippen LogP contribution in [0, 0.1) is 5.92 Å². The van der Waals surface area contributed by atoms with Gasteiger partial charge in [-0.25, -0.2) is 18.5 Å². The largest absolute Gasteiger partial charge is 0.496 e. The van der Waals surface area contributed by atoms with E-state index in [0.29, 0.717) is 37.6 Å². The fourth-order valence-corrected chi connectivity index (χ4v) is 8.84. The molecule has 11 nitrogen and oxygen atoms in total. The van der Waals surface area contributed by atoms with Crippen molar-refractivity contribution in [3.63, 3.8) is 0 Å². The molecule has 1 fully saturated rings. The number of imide groups is 1. The molecule has 0 bridgehead atoms. The Morgan fingerprint density at radius 1 is 1.00 bits per heavy atom. The van der Waals surface area contributed by atoms with Crippen LogP contribution in [0.15, 0.2) is 87.5 Å². The Morgan fingerprint density at radius 3 is 2.34 bits per heavy atom. The smallest absolute Gasteiger partial charge is 0.308 e. The normalized spacial score (nSPS) is 19.4. The van der Waals surface area contributed by atoms with Gasteiger partial charge < -0.3 is 10.1 Å². The second-order valence-corrected chi connectivity index (χ2v) is 14.1. The first-order valence-corrected chi connectivity index (χ1v) is 16.7. The Hall–Kier alpha value is -3.95. The van der Waals surface area contributed by atoms with Crippen molar-refractivity contribution < 1.29 is 27.5 Å². The highest BCUT2D eigenvalue weighted by Crippen LogP contribution is 2.55. The van der Waals surface area contributed by atoms with Crippen LogP contribution < -0.4 is 25.0 Å². The van der Waals surface area contributed by atoms with E-state index in [4.69, 9.17) is 21.5 Å². The van der Waals surface area contributed by atoms with Gasteiger partial charge in [0.05, 0.1) is 28.6 Å². The van der Waals surface area contributed by atoms with E-state index >= 15 is 0 Å². The molecule has 0 saturated carbocycles. The number of carbonyl (C=O) groups excluding carboxylic acids is 3. The van der Waals surface area contributed by atoms with E-state index in [1.807, 2.05) is 0 Å². The maximum atomic E-state index is 14.0. The number of fused-ring (bicyclic) bond motifs is 2. The molecule has 4 aromatic rings. The van der Waals surface area contributed by atoms with Crippen molar-refractivity contribution in [2.45, 2.75) is 27.6 Å². The molecule has 3 amide bonds. The van der Waals surface area contributed by atoms with E-state index in [9.17, 15) is 27.6 Å². The molecule has 0 aliphatic carbocycles. The number of aromatic nitrogens is 1. The summed E-state index contributed by atoms with van der Waals surface area (Å²) in [5, 5.41) is 7.78. The van der Waals surface area contributed by atoms with Crippen molar-refractivity contribution in [2.75, 3.05) is 17.3 Å². The number of sulfonamides is 1. The number of rotatable bonds is 7. The molecule has 3 atom stereocenters. The molecular formula is C29H23ClN4O7S3. The van der Waals surface area contributed by atoms with Gasteiger partial charge in [-0.2, -0.15) is 0 Å². The fraction of sp³-hybridized carbons (Fsp3) is 0.172. The van der Waals surface area contributed by atoms with Gasteiger partial charge in [0.15, 0.2) is 0 Å². The van der Waals surface area contributed by atoms with Crippen LogP contribution in [0.2, 0.25) is 5.02 Å². The number of nitrogens with zero attached hydrogens (tertiary/aromatic N) is 2. The number of methoxy groups -OCH3 is 1. The number of nitrogens with one attached hydrogen (secondary N) is 1. The molecule has 0 spiro atoms. The van der Waals surface area contributed by atoms with Crippen LogP contribution in [0.4, 0.5) is 11.4 Å². The van der Waals surface area contributed by atoms with Gasteiger partial charge in [-0.15, -0.1) is 0 Å². The van der Waals surface area contributed by atoms with Crippen molar-refractivity contribution in [1.82, 2.24) is 4.57 Å². The first kappa shape index (κ1) is 30.1. The highest BCUT2D eigenvalue weighted by Gasteiger charge is 2.57. The van der Waals surface area contributed by atoms with Crippen LogP contribution in [0.1, 0.15) is 16.4 Å². The summed E-state index contributed by atoms with van der Waals surface area (Å²) in [5.74, 6) is -2.46. The van der Waals surface area contributed by atoms with E-state index in [1.54, 1.807) is 48.5 Å². The number of nitrogens with two attached hydrogens (primary N) is 1. The van der Waals surface area contributed by atoms with Gasteiger partial charge in [0.25, 0.3) is 0 Å². The van der Waals surface area contributed by atoms with E-state index in [1.165, 1.54) is 35.9 Å². The molecule has 3 heterocycles. The standard InChI is InChI=1S/C29H23ClN4O7S3/c1-41-20-5-3-2-4-19(20)22-23-24(27(37)34(26(23)36)17-10-6-15(30)7-11-17)42-28-25(22)43-29(38)33(28)14-21(35)32-16-8-12-18(13-9-16)44(31,39)40/h2-13,22-24H,14H2,1H3,(H,32,35)(H2,31,39,40)/t22-,23-,24+/m0/s1. The Morgan fingerprint density at radius 2 is 1.68 bits per heavy atom. The summed E-state index contributed by atoms with van der Waals surface area (Å²) in [6.07, 6.45) is 0. The van der Waals surface area contributed by atoms with Gasteiger partial charge in [0, 0.05) is 27.1 Å². The van der Waals surface area contributed by atoms with E-state index in [2.05, 4.69) is 5.32 Å². The molecule has 2 aliphatic heterocycles. The number of anilines is 2. The second kappa shape index (κ2) is 11.5. The molecule has 0 unspecified atom stereocenters. The number of hydrogen-bond acceptors (Lipinski definition) is 9. The minimum Gasteiger partial charge on any atom is -0.496 e. The van der Waals surface area contributed by atoms with Crippen molar-refractivity contribution in [1.29, 1.82) is 0 Å². The van der Waals surface area contributed by atoms with Crippen LogP contribution in [0.5, 0.6) is 5.75 Å². The van der Waals surface area contributed by atoms with E-state index in [0.717, 1.165) is 28.0 Å². The Labute approximate surface area is 264 Å². The maximum Gasteiger partial charge on any atom is 0.308 e. The quantitative estimate of drug-likeness (QED) is 0.282. The summed E-state index contributed by atoms with van der Waals surface area (Å²) >= 11 is 8.05. The van der Waals surface area contributed by atoms with Gasteiger partial charge in [-0.05, 0) is 54.6 Å². The highest BCUT2D eigenvalue weighted by atomic mass is 35.5. The fourth-order valence-electron chi connectivity index (χ4n) is 5.43. The highest BCUT2D eigenvalue weighted by molar-refractivity contribution is 8.00. The van der Waals surface area contributed by atoms with E-state index in [-0.39, 0.29) is 11.4 Å². The zero-order valence-electron chi connectivity index (χ0n) is 22.8. The lowest BCUT2D eigenvalue weighted by Crippen LogP contribution is -2.33. The monoisotopic (exact) mass is 670 g/mol. The van der Waals surface area contributed by atoms with E-state index < -0.39 is 49.7 Å². The Bertz CT molecular complexity index is 1970. The lowest BCUT2D eigenvalue weighted by Gasteiger charge is -2.31. The number of thioether (sulfide) groups is 1. The molecule has 1 saturated heterocycles.